The Hall–Kier alpha value is -2.45. The van der Waals surface area contributed by atoms with E-state index in [1.807, 2.05) is 54.6 Å². The standard InChI is InChI=1S/C19H16ClNO/c1-22-17-12-13-19(18(20)14-17)21(15-8-4-2-5-9-15)16-10-6-3-7-11-16/h2-14H,1H3. The molecule has 3 heteroatoms. The Morgan fingerprint density at radius 3 is 1.77 bits per heavy atom. The maximum atomic E-state index is 6.48. The van der Waals surface area contributed by atoms with Gasteiger partial charge >= 0.3 is 0 Å². The summed E-state index contributed by atoms with van der Waals surface area (Å²) in [6.45, 7) is 0. The van der Waals surface area contributed by atoms with E-state index in [1.165, 1.54) is 0 Å². The van der Waals surface area contributed by atoms with E-state index in [2.05, 4.69) is 29.2 Å². The van der Waals surface area contributed by atoms with Crippen molar-refractivity contribution in [1.82, 2.24) is 0 Å². The van der Waals surface area contributed by atoms with Gasteiger partial charge in [-0.05, 0) is 36.4 Å². The summed E-state index contributed by atoms with van der Waals surface area (Å²) in [5.41, 5.74) is 3.03. The summed E-state index contributed by atoms with van der Waals surface area (Å²) >= 11 is 6.48. The molecule has 0 saturated carbocycles. The lowest BCUT2D eigenvalue weighted by atomic mass is 10.2. The van der Waals surface area contributed by atoms with Gasteiger partial charge in [0.25, 0.3) is 0 Å². The van der Waals surface area contributed by atoms with Crippen LogP contribution >= 0.6 is 11.6 Å². The summed E-state index contributed by atoms with van der Waals surface area (Å²) in [4.78, 5) is 2.13. The van der Waals surface area contributed by atoms with Crippen molar-refractivity contribution in [2.24, 2.45) is 0 Å². The van der Waals surface area contributed by atoms with Crippen LogP contribution in [0.15, 0.2) is 78.9 Å². The Morgan fingerprint density at radius 2 is 1.32 bits per heavy atom. The lowest BCUT2D eigenvalue weighted by Crippen LogP contribution is -2.10. The van der Waals surface area contributed by atoms with Gasteiger partial charge in [0.1, 0.15) is 5.75 Å². The number of ether oxygens (including phenoxy) is 1. The molecule has 110 valence electrons. The van der Waals surface area contributed by atoms with Gasteiger partial charge in [-0.2, -0.15) is 0 Å². The second-order valence-electron chi connectivity index (χ2n) is 4.82. The predicted octanol–water partition coefficient (Wildman–Crippen LogP) is 5.82. The first-order valence-corrected chi connectivity index (χ1v) is 7.41. The quantitative estimate of drug-likeness (QED) is 0.602. The minimum Gasteiger partial charge on any atom is -0.497 e. The molecule has 3 aromatic rings. The second kappa shape index (κ2) is 6.54. The van der Waals surface area contributed by atoms with E-state index in [0.29, 0.717) is 5.02 Å². The molecule has 0 N–H and O–H groups in total. The second-order valence-corrected chi connectivity index (χ2v) is 5.23. The van der Waals surface area contributed by atoms with Crippen LogP contribution in [-0.4, -0.2) is 7.11 Å². The molecule has 0 bridgehead atoms. The van der Waals surface area contributed by atoms with Crippen LogP contribution < -0.4 is 9.64 Å². The number of hydrogen-bond acceptors (Lipinski definition) is 2. The summed E-state index contributed by atoms with van der Waals surface area (Å²) in [6.07, 6.45) is 0. The first-order valence-electron chi connectivity index (χ1n) is 7.03. The highest BCUT2D eigenvalue weighted by molar-refractivity contribution is 6.33. The lowest BCUT2D eigenvalue weighted by molar-refractivity contribution is 0.415. The fourth-order valence-electron chi connectivity index (χ4n) is 2.38. The normalized spacial score (nSPS) is 10.3. The van der Waals surface area contributed by atoms with Gasteiger partial charge in [0.15, 0.2) is 0 Å². The van der Waals surface area contributed by atoms with E-state index >= 15 is 0 Å². The maximum Gasteiger partial charge on any atom is 0.120 e. The molecule has 0 aliphatic heterocycles. The van der Waals surface area contributed by atoms with E-state index < -0.39 is 0 Å². The zero-order chi connectivity index (χ0) is 15.4. The average molecular weight is 310 g/mol. The molecule has 0 amide bonds. The Labute approximate surface area is 135 Å². The van der Waals surface area contributed by atoms with Crippen molar-refractivity contribution in [1.29, 1.82) is 0 Å². The van der Waals surface area contributed by atoms with Crippen LogP contribution in [0.25, 0.3) is 0 Å². The summed E-state index contributed by atoms with van der Waals surface area (Å²) in [7, 11) is 1.64. The summed E-state index contributed by atoms with van der Waals surface area (Å²) in [5.74, 6) is 0.745. The number of rotatable bonds is 4. The highest BCUT2D eigenvalue weighted by Crippen LogP contribution is 2.39. The molecule has 0 saturated heterocycles. The van der Waals surface area contributed by atoms with Gasteiger partial charge in [-0.3, -0.25) is 0 Å². The fraction of sp³-hybridized carbons (Fsp3) is 0.0526. The van der Waals surface area contributed by atoms with Crippen LogP contribution in [0.1, 0.15) is 0 Å². The van der Waals surface area contributed by atoms with Crippen LogP contribution in [0.3, 0.4) is 0 Å². The zero-order valence-electron chi connectivity index (χ0n) is 12.2. The molecule has 0 fully saturated rings. The minimum atomic E-state index is 0.645. The smallest absolute Gasteiger partial charge is 0.120 e. The Balaban J connectivity index is 2.14. The molecule has 2 nitrogen and oxygen atoms in total. The molecule has 3 rings (SSSR count). The largest absolute Gasteiger partial charge is 0.497 e. The number of methoxy groups -OCH3 is 1. The lowest BCUT2D eigenvalue weighted by Gasteiger charge is -2.26. The molecule has 0 aromatic heterocycles. The van der Waals surface area contributed by atoms with E-state index in [4.69, 9.17) is 16.3 Å². The van der Waals surface area contributed by atoms with Gasteiger partial charge in [0.2, 0.25) is 0 Å². The Bertz CT molecular complexity index is 704. The molecule has 0 atom stereocenters. The molecule has 0 aliphatic rings. The number of para-hydroxylation sites is 2. The third kappa shape index (κ3) is 2.92. The van der Waals surface area contributed by atoms with Crippen molar-refractivity contribution >= 4 is 28.7 Å². The number of anilines is 3. The topological polar surface area (TPSA) is 12.5 Å². The SMILES string of the molecule is COc1ccc(N(c2ccccc2)c2ccccc2)c(Cl)c1. The van der Waals surface area contributed by atoms with Crippen molar-refractivity contribution in [3.63, 3.8) is 0 Å². The van der Waals surface area contributed by atoms with Crippen LogP contribution in [0.4, 0.5) is 17.1 Å². The third-order valence-corrected chi connectivity index (χ3v) is 3.73. The van der Waals surface area contributed by atoms with E-state index in [0.717, 1.165) is 22.8 Å². The van der Waals surface area contributed by atoms with Crippen LogP contribution in [0.2, 0.25) is 5.02 Å². The first-order chi connectivity index (χ1) is 10.8. The van der Waals surface area contributed by atoms with Crippen molar-refractivity contribution in [2.45, 2.75) is 0 Å². The molecule has 0 heterocycles. The minimum absolute atomic E-state index is 0.645. The van der Waals surface area contributed by atoms with Crippen molar-refractivity contribution < 1.29 is 4.74 Å². The van der Waals surface area contributed by atoms with Crippen molar-refractivity contribution in [2.75, 3.05) is 12.0 Å². The Morgan fingerprint density at radius 1 is 0.773 bits per heavy atom. The van der Waals surface area contributed by atoms with Gasteiger partial charge in [0, 0.05) is 17.4 Å². The van der Waals surface area contributed by atoms with Gasteiger partial charge in [-0.1, -0.05) is 48.0 Å². The molecule has 22 heavy (non-hydrogen) atoms. The van der Waals surface area contributed by atoms with Crippen molar-refractivity contribution in [3.8, 4) is 5.75 Å². The highest BCUT2D eigenvalue weighted by Gasteiger charge is 2.15. The molecule has 0 unspecified atom stereocenters. The average Bonchev–Trinajstić information content (AvgIpc) is 2.58. The third-order valence-electron chi connectivity index (χ3n) is 3.42. The molecule has 0 aliphatic carbocycles. The molecule has 0 radical (unpaired) electrons. The molecular formula is C19H16ClNO. The number of benzene rings is 3. The van der Waals surface area contributed by atoms with Gasteiger partial charge in [-0.25, -0.2) is 0 Å². The van der Waals surface area contributed by atoms with E-state index in [9.17, 15) is 0 Å². The molecular weight excluding hydrogens is 294 g/mol. The van der Waals surface area contributed by atoms with Crippen LogP contribution in [0.5, 0.6) is 5.75 Å². The first kappa shape index (κ1) is 14.5. The number of nitrogens with zero attached hydrogens (tertiary/aromatic N) is 1. The maximum absolute atomic E-state index is 6.48. The number of halogens is 1. The monoisotopic (exact) mass is 309 g/mol. The zero-order valence-corrected chi connectivity index (χ0v) is 13.0. The van der Waals surface area contributed by atoms with Crippen molar-refractivity contribution in [3.05, 3.63) is 83.9 Å². The highest BCUT2D eigenvalue weighted by atomic mass is 35.5. The predicted molar refractivity (Wildman–Crippen MR) is 92.7 cm³/mol. The van der Waals surface area contributed by atoms with Gasteiger partial charge < -0.3 is 9.64 Å². The number of hydrogen-bond donors (Lipinski definition) is 0. The Kier molecular flexibility index (Phi) is 4.31. The molecule has 3 aromatic carbocycles. The fourth-order valence-corrected chi connectivity index (χ4v) is 2.63. The molecule has 0 spiro atoms. The van der Waals surface area contributed by atoms with Gasteiger partial charge in [0.05, 0.1) is 17.8 Å². The summed E-state index contributed by atoms with van der Waals surface area (Å²) in [5, 5.41) is 0.645. The van der Waals surface area contributed by atoms with Crippen LogP contribution in [0, 0.1) is 0 Å². The summed E-state index contributed by atoms with van der Waals surface area (Å²) in [6, 6.07) is 26.0. The van der Waals surface area contributed by atoms with E-state index in [1.54, 1.807) is 7.11 Å². The van der Waals surface area contributed by atoms with E-state index in [-0.39, 0.29) is 0 Å². The summed E-state index contributed by atoms with van der Waals surface area (Å²) < 4.78 is 5.24. The van der Waals surface area contributed by atoms with Gasteiger partial charge in [-0.15, -0.1) is 0 Å². The van der Waals surface area contributed by atoms with Crippen LogP contribution in [-0.2, 0) is 0 Å².